The molecule has 0 bridgehead atoms. The molecule has 0 spiro atoms. The third kappa shape index (κ3) is 3.03. The lowest BCUT2D eigenvalue weighted by Gasteiger charge is -2.07. The first kappa shape index (κ1) is 17.4. The number of hydrogen-bond acceptors (Lipinski definition) is 5. The third-order valence-corrected chi connectivity index (χ3v) is 4.83. The number of aromatic nitrogens is 6. The van der Waals surface area contributed by atoms with Gasteiger partial charge in [-0.15, -0.1) is 0 Å². The van der Waals surface area contributed by atoms with Gasteiger partial charge in [-0.05, 0) is 42.4 Å². The summed E-state index contributed by atoms with van der Waals surface area (Å²) in [5.74, 6) is 0.113. The fourth-order valence-corrected chi connectivity index (χ4v) is 3.42. The smallest absolute Gasteiger partial charge is 0.161 e. The highest BCUT2D eigenvalue weighted by atomic mass is 19.1. The van der Waals surface area contributed by atoms with Crippen molar-refractivity contribution in [1.82, 2.24) is 35.5 Å². The van der Waals surface area contributed by atoms with Gasteiger partial charge in [0.1, 0.15) is 17.0 Å². The van der Waals surface area contributed by atoms with Gasteiger partial charge in [0, 0.05) is 36.3 Å². The molecule has 7 nitrogen and oxygen atoms in total. The van der Waals surface area contributed by atoms with Gasteiger partial charge in [0.2, 0.25) is 0 Å². The van der Waals surface area contributed by atoms with Crippen LogP contribution < -0.4 is 5.32 Å². The molecule has 0 aliphatic rings. The highest BCUT2D eigenvalue weighted by molar-refractivity contribution is 5.96. The van der Waals surface area contributed by atoms with Crippen LogP contribution in [0.15, 0.2) is 48.9 Å². The number of nitrogens with zero attached hydrogens (tertiary/aromatic N) is 4. The summed E-state index contributed by atoms with van der Waals surface area (Å²) in [5, 5.41) is 10.8. The fourth-order valence-electron chi connectivity index (χ4n) is 3.42. The zero-order valence-corrected chi connectivity index (χ0v) is 15.7. The number of imidazole rings is 1. The van der Waals surface area contributed by atoms with Crippen LogP contribution in [0.25, 0.3) is 44.7 Å². The van der Waals surface area contributed by atoms with Gasteiger partial charge in [0.15, 0.2) is 11.5 Å². The molecule has 5 aromatic rings. The maximum atomic E-state index is 15.6. The van der Waals surface area contributed by atoms with Crippen molar-refractivity contribution in [2.24, 2.45) is 0 Å². The lowest BCUT2D eigenvalue weighted by Crippen LogP contribution is -2.11. The summed E-state index contributed by atoms with van der Waals surface area (Å²) >= 11 is 0. The van der Waals surface area contributed by atoms with Gasteiger partial charge in [-0.1, -0.05) is 6.92 Å². The van der Waals surface area contributed by atoms with Crippen molar-refractivity contribution in [2.45, 2.75) is 13.5 Å². The van der Waals surface area contributed by atoms with Gasteiger partial charge in [-0.2, -0.15) is 5.10 Å². The number of hydrogen-bond donors (Lipinski definition) is 3. The Bertz CT molecular complexity index is 1290. The summed E-state index contributed by atoms with van der Waals surface area (Å²) in [6.45, 7) is 3.58. The molecular weight excluding hydrogens is 369 g/mol. The number of H-pyrrole nitrogens is 2. The van der Waals surface area contributed by atoms with E-state index in [4.69, 9.17) is 0 Å². The molecule has 0 aliphatic carbocycles. The van der Waals surface area contributed by atoms with Crippen LogP contribution in [-0.4, -0.2) is 36.7 Å². The Kier molecular flexibility index (Phi) is 4.25. The van der Waals surface area contributed by atoms with E-state index in [-0.39, 0.29) is 5.82 Å². The van der Waals surface area contributed by atoms with Gasteiger partial charge in [0.25, 0.3) is 0 Å². The molecule has 1 aromatic carbocycles. The molecule has 0 aliphatic heterocycles. The highest BCUT2D eigenvalue weighted by Crippen LogP contribution is 2.33. The first-order valence-corrected chi connectivity index (χ1v) is 9.37. The Labute approximate surface area is 165 Å². The topological polar surface area (TPSA) is 95.2 Å². The Morgan fingerprint density at radius 3 is 2.97 bits per heavy atom. The number of benzene rings is 1. The van der Waals surface area contributed by atoms with E-state index in [1.807, 2.05) is 31.2 Å². The molecule has 0 atom stereocenters. The maximum absolute atomic E-state index is 15.6. The fraction of sp³-hybridized carbons (Fsp3) is 0.143. The summed E-state index contributed by atoms with van der Waals surface area (Å²) in [5.41, 5.74) is 4.56. The van der Waals surface area contributed by atoms with Crippen molar-refractivity contribution in [3.8, 4) is 22.6 Å². The van der Waals surface area contributed by atoms with Crippen molar-refractivity contribution in [2.75, 3.05) is 6.54 Å². The van der Waals surface area contributed by atoms with E-state index in [0.717, 1.165) is 17.7 Å². The van der Waals surface area contributed by atoms with Crippen LogP contribution in [0.2, 0.25) is 0 Å². The van der Waals surface area contributed by atoms with E-state index in [1.54, 1.807) is 24.7 Å². The molecule has 0 amide bonds. The van der Waals surface area contributed by atoms with Gasteiger partial charge in [0.05, 0.1) is 10.9 Å². The Morgan fingerprint density at radius 1 is 1.17 bits per heavy atom. The average molecular weight is 387 g/mol. The normalized spacial score (nSPS) is 11.5. The number of halogens is 1. The molecule has 5 rings (SSSR count). The minimum absolute atomic E-state index is 0.359. The van der Waals surface area contributed by atoms with Gasteiger partial charge in [-0.3, -0.25) is 10.1 Å². The standard InChI is InChI=1S/C21H18FN7/c1-2-23-9-12-8-13(11-24-10-12)14-5-6-15-17(18(14)22)19(29-28-15)21-26-16-4-3-7-25-20(16)27-21/h3-8,10-11,23H,2,9H2,1H3,(H,28,29)(H,25,26,27). The second-order valence-electron chi connectivity index (χ2n) is 6.74. The second kappa shape index (κ2) is 7.06. The summed E-state index contributed by atoms with van der Waals surface area (Å²) in [7, 11) is 0. The number of rotatable bonds is 5. The van der Waals surface area contributed by atoms with Crippen LogP contribution in [0, 0.1) is 5.82 Å². The van der Waals surface area contributed by atoms with Crippen molar-refractivity contribution >= 4 is 22.1 Å². The molecule has 4 heterocycles. The number of nitrogens with one attached hydrogen (secondary N) is 3. The maximum Gasteiger partial charge on any atom is 0.161 e. The van der Waals surface area contributed by atoms with Crippen LogP contribution in [0.4, 0.5) is 4.39 Å². The zero-order valence-electron chi connectivity index (χ0n) is 15.7. The Balaban J connectivity index is 1.64. The first-order valence-electron chi connectivity index (χ1n) is 9.37. The van der Waals surface area contributed by atoms with Gasteiger partial charge >= 0.3 is 0 Å². The molecule has 144 valence electrons. The quantitative estimate of drug-likeness (QED) is 0.426. The van der Waals surface area contributed by atoms with Gasteiger partial charge < -0.3 is 10.3 Å². The monoisotopic (exact) mass is 387 g/mol. The van der Waals surface area contributed by atoms with Crippen LogP contribution in [0.1, 0.15) is 12.5 Å². The number of aromatic amines is 2. The molecule has 8 heteroatoms. The molecule has 3 N–H and O–H groups in total. The Hall–Kier alpha value is -3.65. The molecule has 0 radical (unpaired) electrons. The molecular formula is C21H18FN7. The molecule has 0 saturated carbocycles. The second-order valence-corrected chi connectivity index (χ2v) is 6.74. The van der Waals surface area contributed by atoms with Crippen molar-refractivity contribution in [1.29, 1.82) is 0 Å². The summed E-state index contributed by atoms with van der Waals surface area (Å²) < 4.78 is 15.6. The van der Waals surface area contributed by atoms with E-state index in [0.29, 0.717) is 45.7 Å². The average Bonchev–Trinajstić information content (AvgIpc) is 3.37. The summed E-state index contributed by atoms with van der Waals surface area (Å²) in [6, 6.07) is 9.17. The molecule has 4 aromatic heterocycles. The lowest BCUT2D eigenvalue weighted by molar-refractivity contribution is 0.643. The first-order chi connectivity index (χ1) is 14.2. The van der Waals surface area contributed by atoms with Crippen molar-refractivity contribution < 1.29 is 4.39 Å². The predicted octanol–water partition coefficient (Wildman–Crippen LogP) is 3.81. The van der Waals surface area contributed by atoms with Crippen LogP contribution in [-0.2, 0) is 6.54 Å². The van der Waals surface area contributed by atoms with Crippen LogP contribution in [0.5, 0.6) is 0 Å². The van der Waals surface area contributed by atoms with Crippen LogP contribution in [0.3, 0.4) is 0 Å². The largest absolute Gasteiger partial charge is 0.321 e. The van der Waals surface area contributed by atoms with E-state index < -0.39 is 0 Å². The molecule has 0 fully saturated rings. The van der Waals surface area contributed by atoms with Gasteiger partial charge in [-0.25, -0.2) is 14.4 Å². The number of pyridine rings is 2. The third-order valence-electron chi connectivity index (χ3n) is 4.83. The summed E-state index contributed by atoms with van der Waals surface area (Å²) in [6.07, 6.45) is 5.14. The molecule has 29 heavy (non-hydrogen) atoms. The highest BCUT2D eigenvalue weighted by Gasteiger charge is 2.19. The van der Waals surface area contributed by atoms with E-state index in [9.17, 15) is 0 Å². The molecule has 0 unspecified atom stereocenters. The van der Waals surface area contributed by atoms with Crippen molar-refractivity contribution in [3.05, 3.63) is 60.3 Å². The van der Waals surface area contributed by atoms with Crippen LogP contribution >= 0.6 is 0 Å². The van der Waals surface area contributed by atoms with E-state index >= 15 is 4.39 Å². The molecule has 0 saturated heterocycles. The SMILES string of the molecule is CCNCc1cncc(-c2ccc3[nH]nc(-c4nc5cccnc5[nH]4)c3c2F)c1. The predicted molar refractivity (Wildman–Crippen MR) is 110 cm³/mol. The van der Waals surface area contributed by atoms with E-state index in [2.05, 4.69) is 35.5 Å². The zero-order chi connectivity index (χ0) is 19.8. The minimum atomic E-state index is -0.359. The number of fused-ring (bicyclic) bond motifs is 2. The minimum Gasteiger partial charge on any atom is -0.321 e. The Morgan fingerprint density at radius 2 is 2.10 bits per heavy atom. The van der Waals surface area contributed by atoms with Crippen molar-refractivity contribution in [3.63, 3.8) is 0 Å². The van der Waals surface area contributed by atoms with E-state index in [1.165, 1.54) is 0 Å². The summed E-state index contributed by atoms with van der Waals surface area (Å²) in [4.78, 5) is 16.2. The lowest BCUT2D eigenvalue weighted by atomic mass is 10.0.